The molecule has 1 aliphatic heterocycles. The standard InChI is InChI=1S/C16H26N2O/c1-18-9-4-3-7-15(11-17)16(18)14-8-5-6-13(10-14)12-19-2/h5-6,8,10,15-16H,3-4,7,9,11-12,17H2,1-2H3. The molecule has 2 atom stereocenters. The van der Waals surface area contributed by atoms with Crippen molar-refractivity contribution in [3.8, 4) is 0 Å². The van der Waals surface area contributed by atoms with Crippen LogP contribution in [0.1, 0.15) is 36.4 Å². The Morgan fingerprint density at radius 2 is 2.21 bits per heavy atom. The lowest BCUT2D eigenvalue weighted by atomic mass is 9.89. The molecule has 0 spiro atoms. The second-order valence-electron chi connectivity index (χ2n) is 5.60. The molecule has 2 N–H and O–H groups in total. The summed E-state index contributed by atoms with van der Waals surface area (Å²) in [6.45, 7) is 2.61. The zero-order valence-corrected chi connectivity index (χ0v) is 12.1. The molecule has 0 radical (unpaired) electrons. The number of ether oxygens (including phenoxy) is 1. The number of nitrogens with zero attached hydrogens (tertiary/aromatic N) is 1. The Hall–Kier alpha value is -0.900. The fraction of sp³-hybridized carbons (Fsp3) is 0.625. The average molecular weight is 262 g/mol. The molecule has 0 saturated carbocycles. The number of methoxy groups -OCH3 is 1. The van der Waals surface area contributed by atoms with Gasteiger partial charge in [-0.25, -0.2) is 0 Å². The summed E-state index contributed by atoms with van der Waals surface area (Å²) in [5.41, 5.74) is 8.64. The summed E-state index contributed by atoms with van der Waals surface area (Å²) in [6, 6.07) is 9.22. The monoisotopic (exact) mass is 262 g/mol. The van der Waals surface area contributed by atoms with Crippen LogP contribution >= 0.6 is 0 Å². The Morgan fingerprint density at radius 1 is 1.37 bits per heavy atom. The van der Waals surface area contributed by atoms with Crippen molar-refractivity contribution in [2.75, 3.05) is 27.2 Å². The minimum atomic E-state index is 0.448. The van der Waals surface area contributed by atoms with Crippen LogP contribution in [0.3, 0.4) is 0 Å². The predicted molar refractivity (Wildman–Crippen MR) is 78.9 cm³/mol. The van der Waals surface area contributed by atoms with E-state index in [-0.39, 0.29) is 0 Å². The van der Waals surface area contributed by atoms with E-state index in [1.807, 2.05) is 0 Å². The van der Waals surface area contributed by atoms with Crippen LogP contribution in [0, 0.1) is 5.92 Å². The molecule has 1 heterocycles. The first kappa shape index (κ1) is 14.5. The van der Waals surface area contributed by atoms with E-state index in [0.29, 0.717) is 18.6 Å². The highest BCUT2D eigenvalue weighted by atomic mass is 16.5. The van der Waals surface area contributed by atoms with Crippen molar-refractivity contribution in [1.82, 2.24) is 4.90 Å². The highest BCUT2D eigenvalue weighted by Gasteiger charge is 2.28. The van der Waals surface area contributed by atoms with Gasteiger partial charge in [0.2, 0.25) is 0 Å². The number of hydrogen-bond donors (Lipinski definition) is 1. The lowest BCUT2D eigenvalue weighted by Gasteiger charge is -2.32. The maximum atomic E-state index is 6.01. The van der Waals surface area contributed by atoms with Crippen LogP contribution in [-0.4, -0.2) is 32.1 Å². The molecule has 1 aliphatic rings. The number of likely N-dealkylation sites (tertiary alicyclic amines) is 1. The summed E-state index contributed by atoms with van der Waals surface area (Å²) >= 11 is 0. The SMILES string of the molecule is COCc1cccc(C2C(CN)CCCCN2C)c1. The van der Waals surface area contributed by atoms with Crippen molar-refractivity contribution < 1.29 is 4.74 Å². The van der Waals surface area contributed by atoms with E-state index < -0.39 is 0 Å². The van der Waals surface area contributed by atoms with Crippen molar-refractivity contribution in [3.05, 3.63) is 35.4 Å². The summed E-state index contributed by atoms with van der Waals surface area (Å²) in [5.74, 6) is 0.560. The molecule has 0 bridgehead atoms. The molecule has 1 saturated heterocycles. The first-order valence-electron chi connectivity index (χ1n) is 7.24. The molecule has 2 rings (SSSR count). The fourth-order valence-electron chi connectivity index (χ4n) is 3.23. The fourth-order valence-corrected chi connectivity index (χ4v) is 3.23. The van der Waals surface area contributed by atoms with Gasteiger partial charge in [0.05, 0.1) is 6.61 Å². The van der Waals surface area contributed by atoms with E-state index >= 15 is 0 Å². The van der Waals surface area contributed by atoms with Gasteiger partial charge in [-0.15, -0.1) is 0 Å². The quantitative estimate of drug-likeness (QED) is 0.906. The smallest absolute Gasteiger partial charge is 0.0713 e. The highest BCUT2D eigenvalue weighted by molar-refractivity contribution is 5.26. The van der Waals surface area contributed by atoms with Crippen LogP contribution < -0.4 is 5.73 Å². The van der Waals surface area contributed by atoms with E-state index in [0.717, 1.165) is 13.1 Å². The first-order valence-corrected chi connectivity index (χ1v) is 7.24. The number of nitrogens with two attached hydrogens (primary N) is 1. The highest BCUT2D eigenvalue weighted by Crippen LogP contribution is 2.33. The molecule has 3 heteroatoms. The van der Waals surface area contributed by atoms with Crippen LogP contribution in [0.15, 0.2) is 24.3 Å². The Morgan fingerprint density at radius 3 is 2.95 bits per heavy atom. The molecule has 2 unspecified atom stereocenters. The van der Waals surface area contributed by atoms with Gasteiger partial charge >= 0.3 is 0 Å². The van der Waals surface area contributed by atoms with Crippen LogP contribution in [-0.2, 0) is 11.3 Å². The van der Waals surface area contributed by atoms with Gasteiger partial charge in [0.15, 0.2) is 0 Å². The molecule has 19 heavy (non-hydrogen) atoms. The number of rotatable bonds is 4. The summed E-state index contributed by atoms with van der Waals surface area (Å²) in [6.07, 6.45) is 3.81. The Labute approximate surface area is 116 Å². The molecule has 3 nitrogen and oxygen atoms in total. The van der Waals surface area contributed by atoms with Gasteiger partial charge in [-0.3, -0.25) is 4.90 Å². The maximum Gasteiger partial charge on any atom is 0.0713 e. The molecule has 1 fully saturated rings. The zero-order valence-electron chi connectivity index (χ0n) is 12.1. The molecule has 1 aromatic rings. The van der Waals surface area contributed by atoms with Crippen LogP contribution in [0.4, 0.5) is 0 Å². The van der Waals surface area contributed by atoms with Gasteiger partial charge in [-0.1, -0.05) is 30.7 Å². The van der Waals surface area contributed by atoms with E-state index in [1.165, 1.54) is 30.4 Å². The minimum Gasteiger partial charge on any atom is -0.380 e. The summed E-state index contributed by atoms with van der Waals surface area (Å²) in [4.78, 5) is 2.47. The van der Waals surface area contributed by atoms with Crippen molar-refractivity contribution in [1.29, 1.82) is 0 Å². The molecule has 106 valence electrons. The second kappa shape index (κ2) is 7.04. The van der Waals surface area contributed by atoms with Crippen molar-refractivity contribution in [2.24, 2.45) is 11.7 Å². The van der Waals surface area contributed by atoms with E-state index in [4.69, 9.17) is 10.5 Å². The van der Waals surface area contributed by atoms with Crippen molar-refractivity contribution in [3.63, 3.8) is 0 Å². The summed E-state index contributed by atoms with van der Waals surface area (Å²) < 4.78 is 5.24. The van der Waals surface area contributed by atoms with Gasteiger partial charge in [-0.2, -0.15) is 0 Å². The van der Waals surface area contributed by atoms with E-state index in [1.54, 1.807) is 7.11 Å². The summed E-state index contributed by atoms with van der Waals surface area (Å²) in [7, 11) is 3.97. The summed E-state index contributed by atoms with van der Waals surface area (Å²) in [5, 5.41) is 0. The van der Waals surface area contributed by atoms with E-state index in [9.17, 15) is 0 Å². The maximum absolute atomic E-state index is 6.01. The van der Waals surface area contributed by atoms with Gasteiger partial charge in [0.25, 0.3) is 0 Å². The van der Waals surface area contributed by atoms with E-state index in [2.05, 4.69) is 36.2 Å². The van der Waals surface area contributed by atoms with Gasteiger partial charge in [-0.05, 0) is 50.0 Å². The normalized spacial score (nSPS) is 25.2. The minimum absolute atomic E-state index is 0.448. The Kier molecular flexibility index (Phi) is 5.37. The van der Waals surface area contributed by atoms with Crippen LogP contribution in [0.2, 0.25) is 0 Å². The second-order valence-corrected chi connectivity index (χ2v) is 5.60. The van der Waals surface area contributed by atoms with Crippen LogP contribution in [0.5, 0.6) is 0 Å². The van der Waals surface area contributed by atoms with Crippen LogP contribution in [0.25, 0.3) is 0 Å². The lowest BCUT2D eigenvalue weighted by molar-refractivity contribution is 0.182. The lowest BCUT2D eigenvalue weighted by Crippen LogP contribution is -2.33. The molecular formula is C16H26N2O. The molecule has 0 aromatic heterocycles. The molecule has 1 aromatic carbocycles. The third kappa shape index (κ3) is 3.56. The van der Waals surface area contributed by atoms with Gasteiger partial charge in [0.1, 0.15) is 0 Å². The zero-order chi connectivity index (χ0) is 13.7. The molecular weight excluding hydrogens is 236 g/mol. The Balaban J connectivity index is 2.26. The first-order chi connectivity index (χ1) is 9.26. The third-order valence-corrected chi connectivity index (χ3v) is 4.16. The third-order valence-electron chi connectivity index (χ3n) is 4.16. The van der Waals surface area contributed by atoms with Gasteiger partial charge in [0, 0.05) is 13.2 Å². The topological polar surface area (TPSA) is 38.5 Å². The van der Waals surface area contributed by atoms with Gasteiger partial charge < -0.3 is 10.5 Å². The number of hydrogen-bond acceptors (Lipinski definition) is 3. The number of benzene rings is 1. The molecule has 0 aliphatic carbocycles. The average Bonchev–Trinajstić information content (AvgIpc) is 2.61. The Bertz CT molecular complexity index is 394. The largest absolute Gasteiger partial charge is 0.380 e. The molecule has 0 amide bonds. The van der Waals surface area contributed by atoms with Crippen molar-refractivity contribution >= 4 is 0 Å². The predicted octanol–water partition coefficient (Wildman–Crippen LogP) is 2.56. The van der Waals surface area contributed by atoms with Crippen molar-refractivity contribution in [2.45, 2.75) is 31.9 Å².